The molecule has 0 N–H and O–H groups in total. The molecule has 0 heterocycles. The van der Waals surface area contributed by atoms with Gasteiger partial charge in [-0.1, -0.05) is 52.4 Å². The fraction of sp³-hybridized carbons (Fsp3) is 0.944. The zero-order valence-corrected chi connectivity index (χ0v) is 15.4. The molecule has 2 rings (SSSR count). The first-order valence-corrected chi connectivity index (χ1v) is 9.29. The summed E-state index contributed by atoms with van der Waals surface area (Å²) in [6, 6.07) is 1.06. The van der Waals surface area contributed by atoms with Crippen molar-refractivity contribution in [2.45, 2.75) is 90.1 Å². The van der Waals surface area contributed by atoms with E-state index in [1.54, 1.807) is 0 Å². The average molecular weight is 331 g/mol. The molecule has 0 aromatic carbocycles. The Morgan fingerprint density at radius 1 is 0.818 bits per heavy atom. The van der Waals surface area contributed by atoms with E-state index in [1.807, 2.05) is 0 Å². The third kappa shape index (κ3) is 5.42. The highest BCUT2D eigenvalue weighted by atomic mass is 35.5. The molecule has 130 valence electrons. The maximum absolute atomic E-state index is 13.0. The highest BCUT2D eigenvalue weighted by molar-refractivity contribution is 5.85. The van der Waals surface area contributed by atoms with Crippen molar-refractivity contribution in [2.75, 3.05) is 19.6 Å². The van der Waals surface area contributed by atoms with Crippen molar-refractivity contribution in [3.8, 4) is 0 Å². The van der Waals surface area contributed by atoms with Gasteiger partial charge in [-0.05, 0) is 38.8 Å². The number of hydrogen-bond acceptors (Lipinski definition) is 2. The van der Waals surface area contributed by atoms with E-state index in [0.29, 0.717) is 24.5 Å². The van der Waals surface area contributed by atoms with Crippen LogP contribution in [0, 0.1) is 0 Å². The lowest BCUT2D eigenvalue weighted by Gasteiger charge is -2.42. The molecule has 0 aliphatic heterocycles. The fourth-order valence-electron chi connectivity index (χ4n) is 4.14. The molecule has 0 unspecified atom stereocenters. The summed E-state index contributed by atoms with van der Waals surface area (Å²) < 4.78 is 0. The summed E-state index contributed by atoms with van der Waals surface area (Å²) in [7, 11) is 0. The van der Waals surface area contributed by atoms with Gasteiger partial charge < -0.3 is 4.90 Å². The van der Waals surface area contributed by atoms with Crippen molar-refractivity contribution in [1.82, 2.24) is 9.80 Å². The second kappa shape index (κ2) is 10.5. The Bertz CT molecular complexity index is 290. The second-order valence-electron chi connectivity index (χ2n) is 6.85. The van der Waals surface area contributed by atoms with Crippen LogP contribution in [0.15, 0.2) is 0 Å². The second-order valence-corrected chi connectivity index (χ2v) is 6.85. The lowest BCUT2D eigenvalue weighted by molar-refractivity contribution is -0.139. The van der Waals surface area contributed by atoms with Crippen molar-refractivity contribution >= 4 is 18.3 Å². The molecule has 0 bridgehead atoms. The van der Waals surface area contributed by atoms with Gasteiger partial charge >= 0.3 is 0 Å². The summed E-state index contributed by atoms with van der Waals surface area (Å²) in [4.78, 5) is 17.6. The molecule has 0 aromatic rings. The smallest absolute Gasteiger partial charge is 0.237 e. The summed E-state index contributed by atoms with van der Waals surface area (Å²) in [5.74, 6) is 0.400. The highest BCUT2D eigenvalue weighted by Crippen LogP contribution is 2.30. The van der Waals surface area contributed by atoms with Crippen LogP contribution in [0.25, 0.3) is 0 Å². The van der Waals surface area contributed by atoms with Crippen LogP contribution >= 0.6 is 12.4 Å². The first-order chi connectivity index (χ1) is 10.3. The van der Waals surface area contributed by atoms with Crippen LogP contribution in [0.4, 0.5) is 0 Å². The van der Waals surface area contributed by atoms with E-state index >= 15 is 0 Å². The molecule has 4 heteroatoms. The van der Waals surface area contributed by atoms with Crippen LogP contribution in [-0.4, -0.2) is 47.4 Å². The van der Waals surface area contributed by atoms with Crippen LogP contribution in [0.5, 0.6) is 0 Å². The molecule has 2 aliphatic carbocycles. The molecular formula is C18H35ClN2O. The summed E-state index contributed by atoms with van der Waals surface area (Å²) in [6.07, 6.45) is 12.9. The molecule has 0 radical (unpaired) electrons. The van der Waals surface area contributed by atoms with Crippen molar-refractivity contribution in [3.05, 3.63) is 0 Å². The van der Waals surface area contributed by atoms with E-state index < -0.39 is 0 Å². The van der Waals surface area contributed by atoms with Gasteiger partial charge in [0.05, 0.1) is 6.54 Å². The topological polar surface area (TPSA) is 23.6 Å². The molecule has 3 nitrogen and oxygen atoms in total. The van der Waals surface area contributed by atoms with Crippen LogP contribution in [0.2, 0.25) is 0 Å². The van der Waals surface area contributed by atoms with Crippen molar-refractivity contribution in [2.24, 2.45) is 0 Å². The van der Waals surface area contributed by atoms with Crippen LogP contribution in [0.1, 0.15) is 78.1 Å². The molecule has 0 aromatic heterocycles. The third-order valence-electron chi connectivity index (χ3n) is 5.48. The van der Waals surface area contributed by atoms with Crippen molar-refractivity contribution < 1.29 is 4.79 Å². The maximum Gasteiger partial charge on any atom is 0.237 e. The van der Waals surface area contributed by atoms with Crippen molar-refractivity contribution in [3.63, 3.8) is 0 Å². The van der Waals surface area contributed by atoms with E-state index in [0.717, 1.165) is 13.1 Å². The first-order valence-electron chi connectivity index (χ1n) is 9.29. The van der Waals surface area contributed by atoms with Gasteiger partial charge in [-0.3, -0.25) is 9.69 Å². The zero-order chi connectivity index (χ0) is 15.1. The van der Waals surface area contributed by atoms with Gasteiger partial charge in [-0.15, -0.1) is 12.4 Å². The minimum absolute atomic E-state index is 0. The summed E-state index contributed by atoms with van der Waals surface area (Å²) in [5.41, 5.74) is 0. The number of carbonyl (C=O) groups is 1. The molecule has 0 atom stereocenters. The molecule has 0 spiro atoms. The Kier molecular flexibility index (Phi) is 9.42. The van der Waals surface area contributed by atoms with E-state index in [4.69, 9.17) is 0 Å². The lowest BCUT2D eigenvalue weighted by Crippen LogP contribution is -2.52. The molecule has 2 saturated carbocycles. The van der Waals surface area contributed by atoms with Gasteiger partial charge in [0.25, 0.3) is 0 Å². The Hall–Kier alpha value is -0.280. The predicted octanol–water partition coefficient (Wildman–Crippen LogP) is 4.24. The number of likely N-dealkylation sites (N-methyl/N-ethyl adjacent to an activating group) is 1. The largest absolute Gasteiger partial charge is 0.336 e. The normalized spacial score (nSPS) is 20.7. The molecule has 1 amide bonds. The SMILES string of the molecule is CCN(CC)CC(=O)N(C1CCCCC1)C1CCCCC1.Cl. The standard InChI is InChI=1S/C18H34N2O.ClH/c1-3-19(4-2)15-18(21)20(16-11-7-5-8-12-16)17-13-9-6-10-14-17;/h16-17H,3-15H2,1-2H3;1H. The van der Waals surface area contributed by atoms with Gasteiger partial charge in [0.15, 0.2) is 0 Å². The van der Waals surface area contributed by atoms with Gasteiger partial charge in [0, 0.05) is 12.1 Å². The number of carbonyl (C=O) groups excluding carboxylic acids is 1. The lowest BCUT2D eigenvalue weighted by atomic mass is 9.88. The summed E-state index contributed by atoms with van der Waals surface area (Å²) in [6.45, 7) is 6.89. The number of amides is 1. The Balaban J connectivity index is 0.00000242. The Morgan fingerprint density at radius 2 is 1.23 bits per heavy atom. The summed E-state index contributed by atoms with van der Waals surface area (Å²) >= 11 is 0. The number of rotatable bonds is 6. The molecule has 2 aliphatic rings. The Labute approximate surface area is 143 Å². The number of nitrogens with zero attached hydrogens (tertiary/aromatic N) is 2. The quantitative estimate of drug-likeness (QED) is 0.727. The third-order valence-corrected chi connectivity index (χ3v) is 5.48. The molecular weight excluding hydrogens is 296 g/mol. The van der Waals surface area contributed by atoms with Gasteiger partial charge in [-0.2, -0.15) is 0 Å². The summed E-state index contributed by atoms with van der Waals surface area (Å²) in [5, 5.41) is 0. The minimum atomic E-state index is 0. The first kappa shape index (κ1) is 19.8. The van der Waals surface area contributed by atoms with E-state index in [-0.39, 0.29) is 12.4 Å². The highest BCUT2D eigenvalue weighted by Gasteiger charge is 2.32. The van der Waals surface area contributed by atoms with Crippen LogP contribution < -0.4 is 0 Å². The van der Waals surface area contributed by atoms with Crippen LogP contribution in [-0.2, 0) is 4.79 Å². The van der Waals surface area contributed by atoms with E-state index in [2.05, 4.69) is 23.6 Å². The molecule has 2 fully saturated rings. The monoisotopic (exact) mass is 330 g/mol. The minimum Gasteiger partial charge on any atom is -0.336 e. The van der Waals surface area contributed by atoms with Crippen LogP contribution in [0.3, 0.4) is 0 Å². The van der Waals surface area contributed by atoms with Gasteiger partial charge in [-0.25, -0.2) is 0 Å². The zero-order valence-electron chi connectivity index (χ0n) is 14.6. The van der Waals surface area contributed by atoms with E-state index in [9.17, 15) is 4.79 Å². The number of halogens is 1. The fourth-order valence-corrected chi connectivity index (χ4v) is 4.14. The predicted molar refractivity (Wildman–Crippen MR) is 95.6 cm³/mol. The molecule has 0 saturated heterocycles. The average Bonchev–Trinajstić information content (AvgIpc) is 2.55. The van der Waals surface area contributed by atoms with Gasteiger partial charge in [0.2, 0.25) is 5.91 Å². The van der Waals surface area contributed by atoms with Gasteiger partial charge in [0.1, 0.15) is 0 Å². The molecule has 22 heavy (non-hydrogen) atoms. The van der Waals surface area contributed by atoms with E-state index in [1.165, 1.54) is 64.2 Å². The van der Waals surface area contributed by atoms with Crippen molar-refractivity contribution in [1.29, 1.82) is 0 Å². The Morgan fingerprint density at radius 3 is 1.59 bits per heavy atom. The maximum atomic E-state index is 13.0. The number of hydrogen-bond donors (Lipinski definition) is 0.